The summed E-state index contributed by atoms with van der Waals surface area (Å²) < 4.78 is 11.8. The topological polar surface area (TPSA) is 55.8 Å². The highest BCUT2D eigenvalue weighted by Gasteiger charge is 2.45. The quantitative estimate of drug-likeness (QED) is 0.779. The summed E-state index contributed by atoms with van der Waals surface area (Å²) in [5, 5.41) is 9.20. The molecule has 4 heteroatoms. The van der Waals surface area contributed by atoms with Gasteiger partial charge in [0, 0.05) is 12.8 Å². The first-order valence-electron chi connectivity index (χ1n) is 6.76. The van der Waals surface area contributed by atoms with Crippen molar-refractivity contribution in [1.29, 1.82) is 0 Å². The fourth-order valence-electron chi connectivity index (χ4n) is 2.84. The average molecular weight is 254 g/mol. The Morgan fingerprint density at radius 1 is 1.44 bits per heavy atom. The maximum absolute atomic E-state index is 11.9. The molecular formula is C14H22O4. The van der Waals surface area contributed by atoms with Crippen LogP contribution in [0.5, 0.6) is 0 Å². The monoisotopic (exact) mass is 254 g/mol. The van der Waals surface area contributed by atoms with Crippen LogP contribution in [-0.4, -0.2) is 35.5 Å². The number of aliphatic hydroxyl groups excluding tert-OH is 1. The molecule has 2 heterocycles. The van der Waals surface area contributed by atoms with Crippen LogP contribution in [0.15, 0.2) is 12.7 Å². The number of rotatable bonds is 4. The SMILES string of the molecule is C=CCC[C@@H]1CC(=O)C[C@@]2(CCC[C@H](CO)O2)O1. The lowest BCUT2D eigenvalue weighted by Gasteiger charge is -2.45. The van der Waals surface area contributed by atoms with Crippen LogP contribution in [-0.2, 0) is 14.3 Å². The van der Waals surface area contributed by atoms with E-state index in [4.69, 9.17) is 9.47 Å². The third-order valence-corrected chi connectivity index (χ3v) is 3.66. The molecule has 0 radical (unpaired) electrons. The molecule has 0 aromatic heterocycles. The van der Waals surface area contributed by atoms with E-state index in [9.17, 15) is 9.90 Å². The molecule has 0 unspecified atom stereocenters. The van der Waals surface area contributed by atoms with Gasteiger partial charge in [0.2, 0.25) is 0 Å². The van der Waals surface area contributed by atoms with Gasteiger partial charge in [0.15, 0.2) is 5.79 Å². The third kappa shape index (κ3) is 3.19. The summed E-state index contributed by atoms with van der Waals surface area (Å²) in [6, 6.07) is 0. The first-order valence-corrected chi connectivity index (χ1v) is 6.76. The first kappa shape index (κ1) is 13.7. The molecule has 2 aliphatic heterocycles. The fourth-order valence-corrected chi connectivity index (χ4v) is 2.84. The van der Waals surface area contributed by atoms with Crippen molar-refractivity contribution in [3.8, 4) is 0 Å². The molecule has 2 saturated heterocycles. The second-order valence-corrected chi connectivity index (χ2v) is 5.25. The van der Waals surface area contributed by atoms with E-state index in [-0.39, 0.29) is 24.6 Å². The minimum absolute atomic E-state index is 0.00335. The molecule has 0 saturated carbocycles. The van der Waals surface area contributed by atoms with Gasteiger partial charge in [-0.3, -0.25) is 4.79 Å². The number of carbonyl (C=O) groups is 1. The van der Waals surface area contributed by atoms with Crippen LogP contribution in [0.2, 0.25) is 0 Å². The lowest BCUT2D eigenvalue weighted by Crippen LogP contribution is -2.51. The number of carbonyl (C=O) groups excluding carboxylic acids is 1. The summed E-state index contributed by atoms with van der Waals surface area (Å²) in [6.45, 7) is 3.69. The summed E-state index contributed by atoms with van der Waals surface area (Å²) in [7, 11) is 0. The molecule has 0 aromatic rings. The smallest absolute Gasteiger partial charge is 0.176 e. The number of hydrogen-bond acceptors (Lipinski definition) is 4. The Morgan fingerprint density at radius 3 is 2.94 bits per heavy atom. The van der Waals surface area contributed by atoms with Gasteiger partial charge in [0.05, 0.1) is 25.2 Å². The molecule has 0 amide bonds. The second kappa shape index (κ2) is 5.95. The molecule has 2 fully saturated rings. The Hall–Kier alpha value is -0.710. The number of Topliss-reactive ketones (excluding diaryl/α,β-unsaturated/α-hetero) is 1. The minimum Gasteiger partial charge on any atom is -0.394 e. The molecule has 2 aliphatic rings. The molecule has 0 aromatic carbocycles. The zero-order valence-corrected chi connectivity index (χ0v) is 10.8. The van der Waals surface area contributed by atoms with Gasteiger partial charge in [-0.05, 0) is 25.7 Å². The van der Waals surface area contributed by atoms with E-state index in [0.29, 0.717) is 12.8 Å². The van der Waals surface area contributed by atoms with E-state index >= 15 is 0 Å². The van der Waals surface area contributed by atoms with E-state index in [1.54, 1.807) is 0 Å². The summed E-state index contributed by atoms with van der Waals surface area (Å²) >= 11 is 0. The van der Waals surface area contributed by atoms with Gasteiger partial charge in [-0.2, -0.15) is 0 Å². The van der Waals surface area contributed by atoms with Crippen LogP contribution in [0.25, 0.3) is 0 Å². The Morgan fingerprint density at radius 2 is 2.22 bits per heavy atom. The van der Waals surface area contributed by atoms with Crippen molar-refractivity contribution in [3.05, 3.63) is 12.7 Å². The van der Waals surface area contributed by atoms with Gasteiger partial charge in [-0.25, -0.2) is 0 Å². The Bertz CT molecular complexity index is 315. The van der Waals surface area contributed by atoms with E-state index < -0.39 is 5.79 Å². The molecule has 0 aliphatic carbocycles. The number of ether oxygens (including phenoxy) is 2. The molecule has 1 spiro atoms. The van der Waals surface area contributed by atoms with Crippen molar-refractivity contribution in [3.63, 3.8) is 0 Å². The third-order valence-electron chi connectivity index (χ3n) is 3.66. The minimum atomic E-state index is -0.771. The summed E-state index contributed by atoms with van der Waals surface area (Å²) in [5.74, 6) is -0.568. The highest BCUT2D eigenvalue weighted by Crippen LogP contribution is 2.38. The van der Waals surface area contributed by atoms with Crippen molar-refractivity contribution in [1.82, 2.24) is 0 Å². The number of allylic oxidation sites excluding steroid dienone is 1. The van der Waals surface area contributed by atoms with Crippen molar-refractivity contribution in [2.75, 3.05) is 6.61 Å². The predicted molar refractivity (Wildman–Crippen MR) is 67.1 cm³/mol. The lowest BCUT2D eigenvalue weighted by atomic mass is 9.91. The molecule has 1 N–H and O–H groups in total. The number of hydrogen-bond donors (Lipinski definition) is 1. The first-order chi connectivity index (χ1) is 8.67. The molecule has 0 bridgehead atoms. The average Bonchev–Trinajstić information content (AvgIpc) is 2.35. The molecule has 2 rings (SSSR count). The molecular weight excluding hydrogens is 232 g/mol. The van der Waals surface area contributed by atoms with E-state index in [0.717, 1.165) is 32.1 Å². The van der Waals surface area contributed by atoms with E-state index in [1.807, 2.05) is 6.08 Å². The normalized spacial score (nSPS) is 36.8. The van der Waals surface area contributed by atoms with Crippen LogP contribution in [0.3, 0.4) is 0 Å². The van der Waals surface area contributed by atoms with Gasteiger partial charge >= 0.3 is 0 Å². The summed E-state index contributed by atoms with van der Waals surface area (Å²) in [5.41, 5.74) is 0. The maximum atomic E-state index is 11.9. The van der Waals surface area contributed by atoms with Crippen LogP contribution < -0.4 is 0 Å². The molecule has 3 atom stereocenters. The zero-order valence-electron chi connectivity index (χ0n) is 10.8. The Labute approximate surface area is 108 Å². The second-order valence-electron chi connectivity index (χ2n) is 5.25. The summed E-state index contributed by atoms with van der Waals surface area (Å²) in [6.07, 6.45) is 6.57. The van der Waals surface area contributed by atoms with Gasteiger partial charge in [0.25, 0.3) is 0 Å². The van der Waals surface area contributed by atoms with Crippen LogP contribution in [0.4, 0.5) is 0 Å². The highest BCUT2D eigenvalue weighted by molar-refractivity contribution is 5.80. The van der Waals surface area contributed by atoms with Gasteiger partial charge in [-0.1, -0.05) is 6.08 Å². The number of ketones is 1. The molecule has 18 heavy (non-hydrogen) atoms. The van der Waals surface area contributed by atoms with Gasteiger partial charge in [0.1, 0.15) is 5.78 Å². The molecule has 4 nitrogen and oxygen atoms in total. The van der Waals surface area contributed by atoms with E-state index in [2.05, 4.69) is 6.58 Å². The zero-order chi connectivity index (χ0) is 13.0. The van der Waals surface area contributed by atoms with Gasteiger partial charge < -0.3 is 14.6 Å². The summed E-state index contributed by atoms with van der Waals surface area (Å²) in [4.78, 5) is 11.9. The molecule has 102 valence electrons. The maximum Gasteiger partial charge on any atom is 0.176 e. The van der Waals surface area contributed by atoms with Crippen LogP contribution in [0.1, 0.15) is 44.9 Å². The van der Waals surface area contributed by atoms with Crippen molar-refractivity contribution in [2.45, 2.75) is 62.9 Å². The van der Waals surface area contributed by atoms with Crippen molar-refractivity contribution >= 4 is 5.78 Å². The highest BCUT2D eigenvalue weighted by atomic mass is 16.7. The lowest BCUT2D eigenvalue weighted by molar-refractivity contribution is -0.309. The van der Waals surface area contributed by atoms with Crippen LogP contribution >= 0.6 is 0 Å². The standard InChI is InChI=1S/C14H22O4/c1-2-3-5-12-8-11(16)9-14(17-12)7-4-6-13(10-15)18-14/h2,12-13,15H,1,3-10H2/t12-,13-,14+/m1/s1. The van der Waals surface area contributed by atoms with Gasteiger partial charge in [-0.15, -0.1) is 6.58 Å². The fraction of sp³-hybridized carbons (Fsp3) is 0.786. The predicted octanol–water partition coefficient (Wildman–Crippen LogP) is 1.96. The largest absolute Gasteiger partial charge is 0.394 e. The number of aliphatic hydroxyl groups is 1. The van der Waals surface area contributed by atoms with E-state index in [1.165, 1.54) is 0 Å². The van der Waals surface area contributed by atoms with Crippen molar-refractivity contribution < 1.29 is 19.4 Å². The Kier molecular flexibility index (Phi) is 4.54. The Balaban J connectivity index is 2.01. The van der Waals surface area contributed by atoms with Crippen LogP contribution in [0, 0.1) is 0 Å². The van der Waals surface area contributed by atoms with Crippen molar-refractivity contribution in [2.24, 2.45) is 0 Å².